The predicted molar refractivity (Wildman–Crippen MR) is 136 cm³/mol. The molecule has 0 fully saturated rings. The second-order valence-corrected chi connectivity index (χ2v) is 11.1. The average Bonchev–Trinajstić information content (AvgIpc) is 2.72. The van der Waals surface area contributed by atoms with Crippen molar-refractivity contribution in [1.29, 1.82) is 0 Å². The Morgan fingerprint density at radius 1 is 1.34 bits per heavy atom. The van der Waals surface area contributed by atoms with Gasteiger partial charge in [0.15, 0.2) is 5.01 Å². The maximum Gasteiger partial charge on any atom is 0.331 e. The van der Waals surface area contributed by atoms with Crippen molar-refractivity contribution in [1.82, 2.24) is 0 Å². The van der Waals surface area contributed by atoms with Crippen LogP contribution in [0.25, 0.3) is 6.08 Å². The number of thioether (sulfide) groups is 1. The minimum atomic E-state index is -0.418. The van der Waals surface area contributed by atoms with Crippen LogP contribution in [-0.2, 0) is 25.5 Å². The molecule has 1 aliphatic heterocycles. The highest BCUT2D eigenvalue weighted by Gasteiger charge is 2.23. The zero-order valence-corrected chi connectivity index (χ0v) is 22.1. The van der Waals surface area contributed by atoms with Crippen molar-refractivity contribution in [2.75, 3.05) is 0 Å². The number of carbonyl (C=O) groups excluding carboxylic acids is 2. The summed E-state index contributed by atoms with van der Waals surface area (Å²) in [6.45, 7) is 8.49. The van der Waals surface area contributed by atoms with Crippen molar-refractivity contribution in [3.05, 3.63) is 52.2 Å². The molecular weight excluding hydrogens is 512 g/mol. The molecule has 5 nitrogen and oxygen atoms in total. The minimum Gasteiger partial charge on any atom is -0.448 e. The van der Waals surface area contributed by atoms with E-state index in [4.69, 9.17) is 16.3 Å². The summed E-state index contributed by atoms with van der Waals surface area (Å²) in [5, 5.41) is 7.16. The number of rotatable bonds is 10. The average molecular weight is 542 g/mol. The molecule has 1 aliphatic rings. The van der Waals surface area contributed by atoms with Crippen LogP contribution in [0, 0.1) is 0 Å². The lowest BCUT2D eigenvalue weighted by atomic mass is 9.83. The number of benzene rings is 1. The number of hydrogen-bond donors (Lipinski definition) is 0. The van der Waals surface area contributed by atoms with Crippen LogP contribution in [0.15, 0.2) is 40.7 Å². The number of halogens is 2. The van der Waals surface area contributed by atoms with Gasteiger partial charge in [-0.1, -0.05) is 52.1 Å². The third kappa shape index (κ3) is 8.49. The van der Waals surface area contributed by atoms with Crippen LogP contribution in [0.3, 0.4) is 0 Å². The number of unbranched alkanes of at least 4 members (excludes halogenated alkanes) is 2. The molecule has 2 unspecified atom stereocenters. The number of nitrogens with zero attached hydrogens (tertiary/aromatic N) is 2. The van der Waals surface area contributed by atoms with Crippen molar-refractivity contribution in [3.63, 3.8) is 0 Å². The first-order valence-electron chi connectivity index (χ1n) is 10.7. The maximum absolute atomic E-state index is 12.2. The van der Waals surface area contributed by atoms with E-state index in [9.17, 15) is 9.59 Å². The molecule has 8 heteroatoms. The highest BCUT2D eigenvalue weighted by atomic mass is 79.9. The molecule has 2 atom stereocenters. The Kier molecular flexibility index (Phi) is 10.6. The third-order valence-electron chi connectivity index (χ3n) is 4.85. The first kappa shape index (κ1) is 26.8. The number of ether oxygens (including phenoxy) is 1. The standard InChI is InChI=1S/C24H30BrClN2O3S/c1-5-6-7-8-21(25)31-22(29)10-9-16-13-17(18(14-19(16)26)24(2,3)4)15-32-20-11-12-27-28-23(20)30/h9-14,20-21H,5-8,15H2,1-4H3/b10-9+. The van der Waals surface area contributed by atoms with Gasteiger partial charge in [-0.2, -0.15) is 5.11 Å². The lowest BCUT2D eigenvalue weighted by Gasteiger charge is -2.24. The van der Waals surface area contributed by atoms with Gasteiger partial charge in [0.05, 0.1) is 0 Å². The van der Waals surface area contributed by atoms with Gasteiger partial charge in [0.2, 0.25) is 0 Å². The molecule has 1 aromatic carbocycles. The second-order valence-electron chi connectivity index (χ2n) is 8.58. The van der Waals surface area contributed by atoms with E-state index in [-0.39, 0.29) is 21.6 Å². The quantitative estimate of drug-likeness (QED) is 0.132. The van der Waals surface area contributed by atoms with E-state index in [2.05, 4.69) is 53.9 Å². The number of hydrogen-bond acceptors (Lipinski definition) is 5. The summed E-state index contributed by atoms with van der Waals surface area (Å²) < 4.78 is 5.38. The Balaban J connectivity index is 2.15. The third-order valence-corrected chi connectivity index (χ3v) is 7.02. The van der Waals surface area contributed by atoms with E-state index in [1.54, 1.807) is 18.4 Å². The van der Waals surface area contributed by atoms with E-state index < -0.39 is 5.97 Å². The van der Waals surface area contributed by atoms with Crippen molar-refractivity contribution in [2.45, 2.75) is 74.8 Å². The normalized spacial score (nSPS) is 17.2. The lowest BCUT2D eigenvalue weighted by Crippen LogP contribution is -2.17. The molecule has 0 saturated carbocycles. The van der Waals surface area contributed by atoms with Crippen LogP contribution < -0.4 is 0 Å². The molecule has 1 aromatic rings. The molecule has 1 amide bonds. The number of azo groups is 1. The van der Waals surface area contributed by atoms with Gasteiger partial charge < -0.3 is 4.74 Å². The Labute approximate surface area is 208 Å². The first-order valence-corrected chi connectivity index (χ1v) is 13.0. The van der Waals surface area contributed by atoms with E-state index in [1.165, 1.54) is 17.8 Å². The van der Waals surface area contributed by atoms with Crippen LogP contribution in [0.4, 0.5) is 0 Å². The summed E-state index contributed by atoms with van der Waals surface area (Å²) in [4.78, 5) is 24.1. The molecular formula is C24H30BrClN2O3S. The summed E-state index contributed by atoms with van der Waals surface area (Å²) in [5.74, 6) is -0.0693. The van der Waals surface area contributed by atoms with Gasteiger partial charge >= 0.3 is 5.97 Å². The van der Waals surface area contributed by atoms with E-state index >= 15 is 0 Å². The zero-order chi connectivity index (χ0) is 23.7. The number of alkyl halides is 1. The molecule has 0 aromatic heterocycles. The maximum atomic E-state index is 12.2. The zero-order valence-electron chi connectivity index (χ0n) is 18.9. The molecule has 1 heterocycles. The first-order chi connectivity index (χ1) is 15.1. The fourth-order valence-corrected chi connectivity index (χ4v) is 4.88. The van der Waals surface area contributed by atoms with Crippen LogP contribution in [0.1, 0.15) is 70.1 Å². The molecule has 174 valence electrons. The lowest BCUT2D eigenvalue weighted by molar-refractivity contribution is -0.139. The molecule has 32 heavy (non-hydrogen) atoms. The Bertz CT molecular complexity index is 909. The van der Waals surface area contributed by atoms with Gasteiger partial charge in [-0.3, -0.25) is 4.79 Å². The highest BCUT2D eigenvalue weighted by molar-refractivity contribution is 9.09. The van der Waals surface area contributed by atoms with Crippen molar-refractivity contribution in [2.24, 2.45) is 10.2 Å². The Hall–Kier alpha value is -1.44. The summed E-state index contributed by atoms with van der Waals surface area (Å²) in [6, 6.07) is 3.92. The van der Waals surface area contributed by atoms with E-state index in [0.717, 1.165) is 42.4 Å². The molecule has 0 saturated heterocycles. The Morgan fingerprint density at radius 2 is 2.09 bits per heavy atom. The van der Waals surface area contributed by atoms with E-state index in [1.807, 2.05) is 12.1 Å². The SMILES string of the molecule is CCCCCC(Br)OC(=O)/C=C/c1cc(CSC2C=CN=NC2=O)c(C(C)(C)C)cc1Cl. The van der Waals surface area contributed by atoms with Gasteiger partial charge in [0.1, 0.15) is 5.25 Å². The molecule has 0 bridgehead atoms. The smallest absolute Gasteiger partial charge is 0.331 e. The molecule has 0 radical (unpaired) electrons. The largest absolute Gasteiger partial charge is 0.448 e. The Morgan fingerprint density at radius 3 is 2.75 bits per heavy atom. The summed E-state index contributed by atoms with van der Waals surface area (Å²) in [7, 11) is 0. The van der Waals surface area contributed by atoms with E-state index in [0.29, 0.717) is 10.8 Å². The van der Waals surface area contributed by atoms with Gasteiger partial charge in [0, 0.05) is 23.1 Å². The topological polar surface area (TPSA) is 68.1 Å². The summed E-state index contributed by atoms with van der Waals surface area (Å²) >= 11 is 11.4. The van der Waals surface area contributed by atoms with Gasteiger partial charge in [-0.25, -0.2) is 4.79 Å². The van der Waals surface area contributed by atoms with Crippen LogP contribution >= 0.6 is 39.3 Å². The minimum absolute atomic E-state index is 0.130. The van der Waals surface area contributed by atoms with Gasteiger partial charge in [-0.15, -0.1) is 16.9 Å². The summed E-state index contributed by atoms with van der Waals surface area (Å²) in [5.41, 5.74) is 2.75. The number of esters is 1. The fraction of sp³-hybridized carbons (Fsp3) is 0.500. The molecule has 2 rings (SSSR count). The fourth-order valence-electron chi connectivity index (χ4n) is 3.17. The van der Waals surface area contributed by atoms with Crippen LogP contribution in [0.5, 0.6) is 0 Å². The van der Waals surface area contributed by atoms with Crippen LogP contribution in [-0.4, -0.2) is 22.1 Å². The number of amides is 1. The molecule has 0 N–H and O–H groups in total. The molecule has 0 aliphatic carbocycles. The van der Waals surface area contributed by atoms with Gasteiger partial charge in [0.25, 0.3) is 5.91 Å². The van der Waals surface area contributed by atoms with Crippen molar-refractivity contribution in [3.8, 4) is 0 Å². The van der Waals surface area contributed by atoms with Crippen LogP contribution in [0.2, 0.25) is 5.02 Å². The van der Waals surface area contributed by atoms with Gasteiger partial charge in [-0.05, 0) is 75.2 Å². The second kappa shape index (κ2) is 12.7. The highest BCUT2D eigenvalue weighted by Crippen LogP contribution is 2.35. The van der Waals surface area contributed by atoms with Crippen molar-refractivity contribution < 1.29 is 14.3 Å². The molecule has 0 spiro atoms. The summed E-state index contributed by atoms with van der Waals surface area (Å²) in [6.07, 6.45) is 10.4. The predicted octanol–water partition coefficient (Wildman–Crippen LogP) is 7.60. The monoisotopic (exact) mass is 540 g/mol. The number of carbonyl (C=O) groups is 2. The van der Waals surface area contributed by atoms with Crippen molar-refractivity contribution >= 4 is 57.2 Å².